The molecule has 0 unspecified atom stereocenters. The van der Waals surface area contributed by atoms with Crippen LogP contribution < -0.4 is 15.2 Å². The molecule has 2 N–H and O–H groups in total. The van der Waals surface area contributed by atoms with E-state index < -0.39 is 0 Å². The van der Waals surface area contributed by atoms with Crippen LogP contribution in [-0.2, 0) is 6.42 Å². The molecule has 3 nitrogen and oxygen atoms in total. The van der Waals surface area contributed by atoms with Crippen molar-refractivity contribution in [3.63, 3.8) is 0 Å². The summed E-state index contributed by atoms with van der Waals surface area (Å²) in [7, 11) is 3.31. The van der Waals surface area contributed by atoms with Gasteiger partial charge in [0, 0.05) is 6.07 Å². The van der Waals surface area contributed by atoms with Crippen LogP contribution in [0, 0.1) is 0 Å². The van der Waals surface area contributed by atoms with E-state index in [2.05, 4.69) is 0 Å². The fraction of sp³-hybridized carbons (Fsp3) is 0.455. The number of methoxy groups -OCH3 is 2. The van der Waals surface area contributed by atoms with E-state index in [-0.39, 0.29) is 12.4 Å². The Labute approximate surface area is 97.0 Å². The highest BCUT2D eigenvalue weighted by Gasteiger charge is 2.00. The number of ether oxygens (including phenoxy) is 2. The quantitative estimate of drug-likeness (QED) is 0.843. The van der Waals surface area contributed by atoms with Crippen molar-refractivity contribution < 1.29 is 9.47 Å². The first kappa shape index (κ1) is 14.1. The van der Waals surface area contributed by atoms with Crippen LogP contribution in [0.2, 0.25) is 0 Å². The summed E-state index contributed by atoms with van der Waals surface area (Å²) < 4.78 is 10.3. The van der Waals surface area contributed by atoms with Crippen molar-refractivity contribution in [1.82, 2.24) is 0 Å². The molecule has 0 fully saturated rings. The van der Waals surface area contributed by atoms with Gasteiger partial charge in [0.15, 0.2) is 0 Å². The predicted molar refractivity (Wildman–Crippen MR) is 64.2 cm³/mol. The Kier molecular flexibility index (Phi) is 6.92. The molecule has 0 heterocycles. The first-order chi connectivity index (χ1) is 6.80. The Balaban J connectivity index is 0.00000196. The molecule has 1 rings (SSSR count). The molecule has 0 aromatic heterocycles. The molecule has 0 radical (unpaired) electrons. The van der Waals surface area contributed by atoms with Crippen molar-refractivity contribution in [2.24, 2.45) is 5.73 Å². The van der Waals surface area contributed by atoms with Gasteiger partial charge in [-0.05, 0) is 37.1 Å². The standard InChI is InChI=1S/C11H17NO2.ClH/c1-13-10-6-9(4-3-5-12)7-11(8-10)14-2;/h6-8H,3-5,12H2,1-2H3;1H. The van der Waals surface area contributed by atoms with Crippen LogP contribution in [0.4, 0.5) is 0 Å². The molecular formula is C11H18ClNO2. The van der Waals surface area contributed by atoms with Crippen LogP contribution in [0.3, 0.4) is 0 Å². The Morgan fingerprint density at radius 2 is 1.60 bits per heavy atom. The van der Waals surface area contributed by atoms with E-state index >= 15 is 0 Å². The van der Waals surface area contributed by atoms with E-state index in [0.29, 0.717) is 6.54 Å². The normalized spacial score (nSPS) is 9.27. The fourth-order valence-electron chi connectivity index (χ4n) is 1.32. The summed E-state index contributed by atoms with van der Waals surface area (Å²) in [4.78, 5) is 0. The van der Waals surface area contributed by atoms with Crippen molar-refractivity contribution in [2.75, 3.05) is 20.8 Å². The number of aryl methyl sites for hydroxylation is 1. The summed E-state index contributed by atoms with van der Waals surface area (Å²) >= 11 is 0. The fourth-order valence-corrected chi connectivity index (χ4v) is 1.32. The minimum atomic E-state index is 0. The predicted octanol–water partition coefficient (Wildman–Crippen LogP) is 2.02. The third-order valence-corrected chi connectivity index (χ3v) is 2.08. The summed E-state index contributed by atoms with van der Waals surface area (Å²) in [6.07, 6.45) is 1.94. The van der Waals surface area contributed by atoms with Crippen LogP contribution in [0.1, 0.15) is 12.0 Å². The second-order valence-electron chi connectivity index (χ2n) is 3.11. The first-order valence-corrected chi connectivity index (χ1v) is 4.72. The van der Waals surface area contributed by atoms with Gasteiger partial charge in [-0.2, -0.15) is 0 Å². The molecule has 15 heavy (non-hydrogen) atoms. The second kappa shape index (κ2) is 7.37. The second-order valence-corrected chi connectivity index (χ2v) is 3.11. The number of nitrogens with two attached hydrogens (primary N) is 1. The van der Waals surface area contributed by atoms with E-state index in [1.54, 1.807) is 14.2 Å². The molecular weight excluding hydrogens is 214 g/mol. The number of hydrogen-bond donors (Lipinski definition) is 1. The summed E-state index contributed by atoms with van der Waals surface area (Å²) in [5.41, 5.74) is 6.66. The van der Waals surface area contributed by atoms with Gasteiger partial charge in [0.25, 0.3) is 0 Å². The van der Waals surface area contributed by atoms with E-state index in [9.17, 15) is 0 Å². The van der Waals surface area contributed by atoms with Gasteiger partial charge in [-0.25, -0.2) is 0 Å². The molecule has 0 atom stereocenters. The molecule has 86 valence electrons. The Hall–Kier alpha value is -0.930. The maximum Gasteiger partial charge on any atom is 0.122 e. The zero-order valence-electron chi connectivity index (χ0n) is 9.16. The average molecular weight is 232 g/mol. The van der Waals surface area contributed by atoms with Crippen molar-refractivity contribution in [3.05, 3.63) is 23.8 Å². The maximum absolute atomic E-state index is 5.45. The Bertz CT molecular complexity index is 270. The van der Waals surface area contributed by atoms with Crippen LogP contribution in [0.5, 0.6) is 11.5 Å². The highest BCUT2D eigenvalue weighted by atomic mass is 35.5. The van der Waals surface area contributed by atoms with Crippen LogP contribution >= 0.6 is 12.4 Å². The van der Waals surface area contributed by atoms with Gasteiger partial charge in [-0.3, -0.25) is 0 Å². The summed E-state index contributed by atoms with van der Waals surface area (Å²) in [6, 6.07) is 5.89. The summed E-state index contributed by atoms with van der Waals surface area (Å²) in [5.74, 6) is 1.66. The maximum atomic E-state index is 5.45. The molecule has 0 bridgehead atoms. The number of halogens is 1. The van der Waals surface area contributed by atoms with Gasteiger partial charge >= 0.3 is 0 Å². The Morgan fingerprint density at radius 1 is 1.07 bits per heavy atom. The molecule has 0 spiro atoms. The van der Waals surface area contributed by atoms with Crippen molar-refractivity contribution >= 4 is 12.4 Å². The lowest BCUT2D eigenvalue weighted by molar-refractivity contribution is 0.393. The minimum absolute atomic E-state index is 0. The van der Waals surface area contributed by atoms with Gasteiger partial charge < -0.3 is 15.2 Å². The molecule has 0 saturated carbocycles. The zero-order valence-corrected chi connectivity index (χ0v) is 9.97. The molecule has 0 amide bonds. The lowest BCUT2D eigenvalue weighted by atomic mass is 10.1. The van der Waals surface area contributed by atoms with Gasteiger partial charge in [-0.15, -0.1) is 12.4 Å². The largest absolute Gasteiger partial charge is 0.497 e. The van der Waals surface area contributed by atoms with Gasteiger partial charge in [0.05, 0.1) is 14.2 Å². The lowest BCUT2D eigenvalue weighted by Crippen LogP contribution is -2.00. The van der Waals surface area contributed by atoms with E-state index in [1.165, 1.54) is 5.56 Å². The molecule has 1 aromatic rings. The van der Waals surface area contributed by atoms with Crippen molar-refractivity contribution in [2.45, 2.75) is 12.8 Å². The van der Waals surface area contributed by atoms with Gasteiger partial charge in [-0.1, -0.05) is 0 Å². The highest BCUT2D eigenvalue weighted by molar-refractivity contribution is 5.85. The Morgan fingerprint density at radius 3 is 2.00 bits per heavy atom. The van der Waals surface area contributed by atoms with Gasteiger partial charge in [0.2, 0.25) is 0 Å². The minimum Gasteiger partial charge on any atom is -0.497 e. The monoisotopic (exact) mass is 231 g/mol. The highest BCUT2D eigenvalue weighted by Crippen LogP contribution is 2.22. The van der Waals surface area contributed by atoms with Crippen LogP contribution in [0.15, 0.2) is 18.2 Å². The molecule has 4 heteroatoms. The molecule has 0 aliphatic carbocycles. The smallest absolute Gasteiger partial charge is 0.122 e. The van der Waals surface area contributed by atoms with Crippen molar-refractivity contribution in [3.8, 4) is 11.5 Å². The lowest BCUT2D eigenvalue weighted by Gasteiger charge is -2.07. The van der Waals surface area contributed by atoms with Crippen LogP contribution in [-0.4, -0.2) is 20.8 Å². The number of hydrogen-bond acceptors (Lipinski definition) is 3. The van der Waals surface area contributed by atoms with Crippen molar-refractivity contribution in [1.29, 1.82) is 0 Å². The number of rotatable bonds is 5. The first-order valence-electron chi connectivity index (χ1n) is 4.72. The summed E-state index contributed by atoms with van der Waals surface area (Å²) in [6.45, 7) is 0.708. The number of benzene rings is 1. The SMILES string of the molecule is COc1cc(CCCN)cc(OC)c1.Cl. The third-order valence-electron chi connectivity index (χ3n) is 2.08. The third kappa shape index (κ3) is 4.40. The van der Waals surface area contributed by atoms with E-state index in [0.717, 1.165) is 24.3 Å². The van der Waals surface area contributed by atoms with Gasteiger partial charge in [0.1, 0.15) is 11.5 Å². The van der Waals surface area contributed by atoms with Crippen LogP contribution in [0.25, 0.3) is 0 Å². The van der Waals surface area contributed by atoms with E-state index in [4.69, 9.17) is 15.2 Å². The summed E-state index contributed by atoms with van der Waals surface area (Å²) in [5, 5.41) is 0. The topological polar surface area (TPSA) is 44.5 Å². The molecule has 0 aliphatic heterocycles. The molecule has 1 aromatic carbocycles. The average Bonchev–Trinajstić information content (AvgIpc) is 2.25. The molecule has 0 aliphatic rings. The zero-order chi connectivity index (χ0) is 10.4. The van der Waals surface area contributed by atoms with E-state index in [1.807, 2.05) is 18.2 Å². The molecule has 0 saturated heterocycles.